The first-order valence-electron chi connectivity index (χ1n) is 6.27. The lowest BCUT2D eigenvalue weighted by atomic mass is 10.2. The van der Waals surface area contributed by atoms with Crippen LogP contribution in [0.5, 0.6) is 0 Å². The van der Waals surface area contributed by atoms with E-state index in [2.05, 4.69) is 4.98 Å². The molecule has 0 saturated heterocycles. The number of hydrogen-bond acceptors (Lipinski definition) is 4. The van der Waals surface area contributed by atoms with Crippen LogP contribution in [-0.4, -0.2) is 17.9 Å². The van der Waals surface area contributed by atoms with Gasteiger partial charge in [0.05, 0.1) is 15.8 Å². The molecular formula is C15H14N2O2S. The summed E-state index contributed by atoms with van der Waals surface area (Å²) in [6.45, 7) is 3.63. The van der Waals surface area contributed by atoms with E-state index in [-0.39, 0.29) is 5.91 Å². The van der Waals surface area contributed by atoms with Crippen molar-refractivity contribution in [3.8, 4) is 0 Å². The largest absolute Gasteiger partial charge is 0.466 e. The molecule has 0 aliphatic rings. The molecule has 0 N–H and O–H groups in total. The number of amides is 1. The van der Waals surface area contributed by atoms with Crippen molar-refractivity contribution in [3.63, 3.8) is 0 Å². The molecule has 1 aromatic carbocycles. The van der Waals surface area contributed by atoms with Crippen LogP contribution >= 0.6 is 11.3 Å². The highest BCUT2D eigenvalue weighted by molar-refractivity contribution is 7.22. The monoisotopic (exact) mass is 286 g/mol. The number of benzene rings is 1. The maximum atomic E-state index is 12.5. The predicted octanol–water partition coefficient (Wildman–Crippen LogP) is 3.78. The van der Waals surface area contributed by atoms with Crippen molar-refractivity contribution in [1.29, 1.82) is 0 Å². The Kier molecular flexibility index (Phi) is 3.06. The van der Waals surface area contributed by atoms with Crippen molar-refractivity contribution < 1.29 is 9.21 Å². The summed E-state index contributed by atoms with van der Waals surface area (Å²) in [6, 6.07) is 9.62. The van der Waals surface area contributed by atoms with Gasteiger partial charge in [0.2, 0.25) is 0 Å². The fraction of sp³-hybridized carbons (Fsp3) is 0.200. The molecule has 0 spiro atoms. The van der Waals surface area contributed by atoms with Gasteiger partial charge in [-0.3, -0.25) is 9.69 Å². The SMILES string of the molecule is Cc1cc(C(=O)N(C)c2nc3ccccc3s2)c(C)o1. The second-order valence-corrected chi connectivity index (χ2v) is 5.66. The van der Waals surface area contributed by atoms with Crippen molar-refractivity contribution in [2.75, 3.05) is 11.9 Å². The number of anilines is 1. The predicted molar refractivity (Wildman–Crippen MR) is 80.5 cm³/mol. The number of para-hydroxylation sites is 1. The smallest absolute Gasteiger partial charge is 0.263 e. The molecule has 20 heavy (non-hydrogen) atoms. The number of furan rings is 1. The number of nitrogens with zero attached hydrogens (tertiary/aromatic N) is 2. The molecule has 0 bridgehead atoms. The van der Waals surface area contributed by atoms with Gasteiger partial charge < -0.3 is 4.42 Å². The molecule has 2 heterocycles. The van der Waals surface area contributed by atoms with E-state index in [0.717, 1.165) is 16.0 Å². The number of rotatable bonds is 2. The molecule has 0 aliphatic heterocycles. The van der Waals surface area contributed by atoms with Gasteiger partial charge in [-0.25, -0.2) is 4.98 Å². The van der Waals surface area contributed by atoms with E-state index in [0.29, 0.717) is 16.5 Å². The second kappa shape index (κ2) is 4.76. The summed E-state index contributed by atoms with van der Waals surface area (Å²) in [7, 11) is 1.74. The Hall–Kier alpha value is -2.14. The summed E-state index contributed by atoms with van der Waals surface area (Å²) in [4.78, 5) is 18.5. The molecule has 0 saturated carbocycles. The van der Waals surface area contributed by atoms with Crippen LogP contribution in [0.2, 0.25) is 0 Å². The zero-order valence-electron chi connectivity index (χ0n) is 11.5. The number of thiazole rings is 1. The molecule has 1 amide bonds. The minimum absolute atomic E-state index is 0.0987. The van der Waals surface area contributed by atoms with Crippen LogP contribution in [0, 0.1) is 13.8 Å². The van der Waals surface area contributed by atoms with E-state index in [1.165, 1.54) is 11.3 Å². The molecule has 0 fully saturated rings. The standard InChI is InChI=1S/C15H14N2O2S/c1-9-8-11(10(2)19-9)14(18)17(3)15-16-12-6-4-5-7-13(12)20-15/h4-8H,1-3H3. The Morgan fingerprint density at radius 1 is 1.30 bits per heavy atom. The third-order valence-electron chi connectivity index (χ3n) is 3.15. The van der Waals surface area contributed by atoms with E-state index in [1.54, 1.807) is 24.9 Å². The van der Waals surface area contributed by atoms with Crippen LogP contribution in [0.1, 0.15) is 21.9 Å². The minimum Gasteiger partial charge on any atom is -0.466 e. The van der Waals surface area contributed by atoms with Gasteiger partial charge in [0.15, 0.2) is 5.13 Å². The summed E-state index contributed by atoms with van der Waals surface area (Å²) < 4.78 is 6.49. The normalized spacial score (nSPS) is 10.9. The molecule has 3 aromatic rings. The Morgan fingerprint density at radius 3 is 2.70 bits per heavy atom. The zero-order valence-corrected chi connectivity index (χ0v) is 12.3. The third kappa shape index (κ3) is 2.10. The van der Waals surface area contributed by atoms with Crippen LogP contribution < -0.4 is 4.90 Å². The van der Waals surface area contributed by atoms with E-state index in [4.69, 9.17) is 4.42 Å². The van der Waals surface area contributed by atoms with Crippen LogP contribution in [0.15, 0.2) is 34.7 Å². The maximum Gasteiger partial charge on any atom is 0.263 e. The Labute approximate surface area is 120 Å². The molecule has 102 valence electrons. The molecule has 0 aliphatic carbocycles. The van der Waals surface area contributed by atoms with E-state index in [1.807, 2.05) is 31.2 Å². The van der Waals surface area contributed by atoms with Gasteiger partial charge in [0, 0.05) is 7.05 Å². The molecular weight excluding hydrogens is 272 g/mol. The molecule has 0 radical (unpaired) electrons. The van der Waals surface area contributed by atoms with E-state index in [9.17, 15) is 4.79 Å². The first-order valence-corrected chi connectivity index (χ1v) is 7.08. The number of aromatic nitrogens is 1. The highest BCUT2D eigenvalue weighted by Crippen LogP contribution is 2.29. The molecule has 4 nitrogen and oxygen atoms in total. The second-order valence-electron chi connectivity index (χ2n) is 4.66. The average molecular weight is 286 g/mol. The number of carbonyl (C=O) groups is 1. The van der Waals surface area contributed by atoms with Gasteiger partial charge in [-0.1, -0.05) is 23.5 Å². The van der Waals surface area contributed by atoms with Crippen LogP contribution in [0.4, 0.5) is 5.13 Å². The fourth-order valence-electron chi connectivity index (χ4n) is 2.11. The Morgan fingerprint density at radius 2 is 2.05 bits per heavy atom. The summed E-state index contributed by atoms with van der Waals surface area (Å²) >= 11 is 1.50. The van der Waals surface area contributed by atoms with Crippen molar-refractivity contribution in [3.05, 3.63) is 47.4 Å². The number of hydrogen-bond donors (Lipinski definition) is 0. The topological polar surface area (TPSA) is 46.3 Å². The van der Waals surface area contributed by atoms with Crippen LogP contribution in [0.25, 0.3) is 10.2 Å². The van der Waals surface area contributed by atoms with Crippen molar-refractivity contribution in [2.45, 2.75) is 13.8 Å². The molecule has 0 atom stereocenters. The summed E-state index contributed by atoms with van der Waals surface area (Å²) in [5.74, 6) is 1.28. The van der Waals surface area contributed by atoms with Crippen LogP contribution in [0.3, 0.4) is 0 Å². The lowest BCUT2D eigenvalue weighted by Crippen LogP contribution is -2.26. The highest BCUT2D eigenvalue weighted by Gasteiger charge is 2.21. The van der Waals surface area contributed by atoms with Crippen molar-refractivity contribution >= 4 is 32.6 Å². The van der Waals surface area contributed by atoms with Gasteiger partial charge in [-0.2, -0.15) is 0 Å². The van der Waals surface area contributed by atoms with Gasteiger partial charge >= 0.3 is 0 Å². The summed E-state index contributed by atoms with van der Waals surface area (Å²) in [5, 5.41) is 0.689. The maximum absolute atomic E-state index is 12.5. The third-order valence-corrected chi connectivity index (χ3v) is 4.26. The van der Waals surface area contributed by atoms with Gasteiger partial charge in [0.1, 0.15) is 11.5 Å². The number of fused-ring (bicyclic) bond motifs is 1. The summed E-state index contributed by atoms with van der Waals surface area (Å²) in [6.07, 6.45) is 0. The number of carbonyl (C=O) groups excluding carboxylic acids is 1. The first-order chi connectivity index (χ1) is 9.56. The average Bonchev–Trinajstić information content (AvgIpc) is 3.00. The molecule has 2 aromatic heterocycles. The summed E-state index contributed by atoms with van der Waals surface area (Å²) in [5.41, 5.74) is 1.50. The van der Waals surface area contributed by atoms with Gasteiger partial charge in [-0.05, 0) is 32.0 Å². The minimum atomic E-state index is -0.0987. The lowest BCUT2D eigenvalue weighted by molar-refractivity contribution is 0.0991. The Bertz CT molecular complexity index is 755. The fourth-order valence-corrected chi connectivity index (χ4v) is 3.04. The first kappa shape index (κ1) is 12.9. The van der Waals surface area contributed by atoms with Crippen LogP contribution in [-0.2, 0) is 0 Å². The van der Waals surface area contributed by atoms with Crippen molar-refractivity contribution in [1.82, 2.24) is 4.98 Å². The Balaban J connectivity index is 1.97. The van der Waals surface area contributed by atoms with Gasteiger partial charge in [-0.15, -0.1) is 0 Å². The van der Waals surface area contributed by atoms with Gasteiger partial charge in [0.25, 0.3) is 5.91 Å². The van der Waals surface area contributed by atoms with Crippen molar-refractivity contribution in [2.24, 2.45) is 0 Å². The molecule has 5 heteroatoms. The van der Waals surface area contributed by atoms with E-state index < -0.39 is 0 Å². The molecule has 0 unspecified atom stereocenters. The lowest BCUT2D eigenvalue weighted by Gasteiger charge is -2.12. The van der Waals surface area contributed by atoms with E-state index >= 15 is 0 Å². The quantitative estimate of drug-likeness (QED) is 0.720. The highest BCUT2D eigenvalue weighted by atomic mass is 32.1. The number of aryl methyl sites for hydroxylation is 2. The molecule has 3 rings (SSSR count). The zero-order chi connectivity index (χ0) is 14.3.